The number of ether oxygens (including phenoxy) is 1. The van der Waals surface area contributed by atoms with E-state index in [1.165, 1.54) is 19.2 Å². The van der Waals surface area contributed by atoms with E-state index in [-0.39, 0.29) is 27.9 Å². The lowest BCUT2D eigenvalue weighted by Gasteiger charge is -2.07. The van der Waals surface area contributed by atoms with Crippen molar-refractivity contribution < 1.29 is 14.4 Å². The van der Waals surface area contributed by atoms with Crippen molar-refractivity contribution in [3.05, 3.63) is 32.9 Å². The number of esters is 1. The molecule has 0 bridgehead atoms. The molecule has 0 radical (unpaired) electrons. The molecule has 0 aliphatic heterocycles. The van der Waals surface area contributed by atoms with Crippen LogP contribution in [0.15, 0.2) is 17.4 Å². The number of rotatable bonds is 4. The molecule has 0 amide bonds. The Morgan fingerprint density at radius 2 is 2.22 bits per heavy atom. The molecule has 0 atom stereocenters. The van der Waals surface area contributed by atoms with Crippen LogP contribution in [0.1, 0.15) is 17.3 Å². The van der Waals surface area contributed by atoms with Gasteiger partial charge in [-0.1, -0.05) is 23.2 Å². The molecule has 1 rings (SSSR count). The molecule has 18 heavy (non-hydrogen) atoms. The Hall–Kier alpha value is -1.53. The average molecular weight is 292 g/mol. The number of hydrogen-bond acceptors (Lipinski definition) is 4. The molecule has 0 aliphatic carbocycles. The first kappa shape index (κ1) is 14.5. The van der Waals surface area contributed by atoms with Gasteiger partial charge in [0.25, 0.3) is 0 Å². The van der Waals surface area contributed by atoms with Crippen molar-refractivity contribution in [2.24, 2.45) is 5.22 Å². The summed E-state index contributed by atoms with van der Waals surface area (Å²) in [6.45, 7) is 1.88. The second kappa shape index (κ2) is 6.42. The third-order valence-electron chi connectivity index (χ3n) is 1.85. The van der Waals surface area contributed by atoms with Gasteiger partial charge in [0.15, 0.2) is 5.69 Å². The predicted molar refractivity (Wildman–Crippen MR) is 68.0 cm³/mol. The molecule has 0 saturated carbocycles. The molecule has 8 heteroatoms. The Kier molecular flexibility index (Phi) is 5.18. The van der Waals surface area contributed by atoms with E-state index in [2.05, 4.69) is 10.6 Å². The fraction of sp³-hybridized carbons (Fsp3) is 0.300. The number of halogens is 2. The lowest BCUT2D eigenvalue weighted by Crippen LogP contribution is -2.09. The van der Waals surface area contributed by atoms with Crippen molar-refractivity contribution in [2.45, 2.75) is 6.92 Å². The molecule has 1 N–H and O–H groups in total. The maximum Gasteiger partial charge on any atom is 0.342 e. The van der Waals surface area contributed by atoms with Gasteiger partial charge in [-0.2, -0.15) is 4.86 Å². The summed E-state index contributed by atoms with van der Waals surface area (Å²) in [5.41, 5.74) is 2.67. The van der Waals surface area contributed by atoms with Crippen molar-refractivity contribution >= 4 is 34.9 Å². The van der Waals surface area contributed by atoms with Crippen LogP contribution in [0.5, 0.6) is 0 Å². The van der Waals surface area contributed by atoms with Crippen molar-refractivity contribution in [1.82, 2.24) is 0 Å². The zero-order valence-corrected chi connectivity index (χ0v) is 11.2. The molecule has 1 aromatic carbocycles. The normalized spacial score (nSPS) is 11.2. The van der Waals surface area contributed by atoms with Gasteiger partial charge in [0.2, 0.25) is 0 Å². The van der Waals surface area contributed by atoms with Crippen LogP contribution < -0.4 is 5.43 Å². The lowest BCUT2D eigenvalue weighted by atomic mass is 10.2. The lowest BCUT2D eigenvalue weighted by molar-refractivity contribution is -0.497. The van der Waals surface area contributed by atoms with E-state index in [1.807, 2.05) is 0 Å². The minimum Gasteiger partial charge on any atom is -0.696 e. The Labute approximate surface area is 114 Å². The number of hydrogen-bond donors (Lipinski definition) is 1. The van der Waals surface area contributed by atoms with Gasteiger partial charge >= 0.3 is 5.97 Å². The Morgan fingerprint density at radius 1 is 1.56 bits per heavy atom. The van der Waals surface area contributed by atoms with E-state index in [0.717, 1.165) is 0 Å². The number of hydroxylamine groups is 1. The number of carbonyl (C=O) groups excluding carboxylic acids is 1. The molecule has 0 unspecified atom stereocenters. The fourth-order valence-electron chi connectivity index (χ4n) is 1.18. The SMILES string of the molecule is CCOC(=O)c1cc(Cl)cc(Cl)c1N/N=[N+](\C)[O-]. The highest BCUT2D eigenvalue weighted by Crippen LogP contribution is 2.30. The second-order valence-corrected chi connectivity index (χ2v) is 4.05. The van der Waals surface area contributed by atoms with Crippen LogP contribution in [-0.4, -0.2) is 24.5 Å². The maximum absolute atomic E-state index is 11.7. The minimum absolute atomic E-state index is 0.111. The van der Waals surface area contributed by atoms with Gasteiger partial charge in [-0.3, -0.25) is 0 Å². The third-order valence-corrected chi connectivity index (χ3v) is 2.37. The van der Waals surface area contributed by atoms with Crippen molar-refractivity contribution in [3.8, 4) is 0 Å². The van der Waals surface area contributed by atoms with Crippen molar-refractivity contribution in [2.75, 3.05) is 19.1 Å². The van der Waals surface area contributed by atoms with Crippen LogP contribution in [0.2, 0.25) is 10.0 Å². The molecule has 0 heterocycles. The summed E-state index contributed by atoms with van der Waals surface area (Å²) < 4.78 is 4.86. The van der Waals surface area contributed by atoms with E-state index >= 15 is 0 Å². The number of nitrogens with zero attached hydrogens (tertiary/aromatic N) is 2. The molecule has 0 aromatic heterocycles. The largest absolute Gasteiger partial charge is 0.696 e. The summed E-state index contributed by atoms with van der Waals surface area (Å²) in [6.07, 6.45) is 0. The first-order chi connectivity index (χ1) is 8.45. The minimum atomic E-state index is -0.604. The monoisotopic (exact) mass is 291 g/mol. The zero-order chi connectivity index (χ0) is 13.7. The van der Waals surface area contributed by atoms with Crippen LogP contribution in [0.3, 0.4) is 0 Å². The van der Waals surface area contributed by atoms with Crippen LogP contribution in [-0.2, 0) is 4.74 Å². The molecule has 0 spiro atoms. The smallest absolute Gasteiger partial charge is 0.342 e. The highest BCUT2D eigenvalue weighted by Gasteiger charge is 2.20. The zero-order valence-electron chi connectivity index (χ0n) is 9.74. The first-order valence-electron chi connectivity index (χ1n) is 4.99. The van der Waals surface area contributed by atoms with E-state index in [9.17, 15) is 10.0 Å². The Balaban J connectivity index is 3.20. The van der Waals surface area contributed by atoms with E-state index in [1.54, 1.807) is 6.92 Å². The summed E-state index contributed by atoms with van der Waals surface area (Å²) in [7, 11) is 1.18. The van der Waals surface area contributed by atoms with Gasteiger partial charge in [-0.25, -0.2) is 4.79 Å². The summed E-state index contributed by atoms with van der Waals surface area (Å²) in [5.74, 6) is -0.604. The predicted octanol–water partition coefficient (Wildman–Crippen LogP) is 3.09. The number of carbonyl (C=O) groups is 1. The van der Waals surface area contributed by atoms with Crippen LogP contribution >= 0.6 is 23.2 Å². The standard InChI is InChI=1S/C10H11Cl2N3O3/c1-3-18-10(16)7-4-6(11)5-8(12)9(7)13-14-15(2)17/h4-5,13H,3H2,1-2H3/b15-14+. The van der Waals surface area contributed by atoms with Gasteiger partial charge in [0.1, 0.15) is 12.6 Å². The number of anilines is 1. The van der Waals surface area contributed by atoms with Crippen LogP contribution in [0.25, 0.3) is 0 Å². The molecular formula is C10H11Cl2N3O3. The van der Waals surface area contributed by atoms with Gasteiger partial charge < -0.3 is 9.94 Å². The molecule has 0 saturated heterocycles. The number of benzene rings is 1. The topological polar surface area (TPSA) is 76.8 Å². The highest BCUT2D eigenvalue weighted by molar-refractivity contribution is 6.37. The molecular weight excluding hydrogens is 281 g/mol. The van der Waals surface area contributed by atoms with Gasteiger partial charge in [-0.15, -0.1) is 5.43 Å². The quantitative estimate of drug-likeness (QED) is 0.400. The Bertz CT molecular complexity index is 488. The molecule has 1 aromatic rings. The third kappa shape index (κ3) is 3.75. The molecule has 6 nitrogen and oxygen atoms in total. The number of nitrogens with one attached hydrogen (secondary N) is 1. The fourth-order valence-corrected chi connectivity index (χ4v) is 1.71. The van der Waals surface area contributed by atoms with Crippen LogP contribution in [0, 0.1) is 5.21 Å². The van der Waals surface area contributed by atoms with E-state index in [0.29, 0.717) is 4.86 Å². The summed E-state index contributed by atoms with van der Waals surface area (Å²) in [4.78, 5) is 12.0. The average Bonchev–Trinajstić information content (AvgIpc) is 2.26. The first-order valence-corrected chi connectivity index (χ1v) is 5.75. The maximum atomic E-state index is 11.7. The summed E-state index contributed by atoms with van der Waals surface area (Å²) in [5, 5.41) is 14.5. The molecule has 0 aliphatic rings. The van der Waals surface area contributed by atoms with E-state index in [4.69, 9.17) is 27.9 Å². The molecule has 98 valence electrons. The molecule has 0 fully saturated rings. The van der Waals surface area contributed by atoms with Gasteiger partial charge in [0, 0.05) is 5.02 Å². The Morgan fingerprint density at radius 3 is 2.78 bits per heavy atom. The summed E-state index contributed by atoms with van der Waals surface area (Å²) in [6, 6.07) is 2.81. The van der Waals surface area contributed by atoms with E-state index < -0.39 is 5.97 Å². The second-order valence-electron chi connectivity index (χ2n) is 3.21. The highest BCUT2D eigenvalue weighted by atomic mass is 35.5. The van der Waals surface area contributed by atoms with Crippen molar-refractivity contribution in [1.29, 1.82) is 0 Å². The van der Waals surface area contributed by atoms with Crippen LogP contribution in [0.4, 0.5) is 5.69 Å². The summed E-state index contributed by atoms with van der Waals surface area (Å²) >= 11 is 11.7. The van der Waals surface area contributed by atoms with Crippen molar-refractivity contribution in [3.63, 3.8) is 0 Å². The van der Waals surface area contributed by atoms with Gasteiger partial charge in [0.05, 0.1) is 16.9 Å². The van der Waals surface area contributed by atoms with Gasteiger partial charge in [-0.05, 0) is 19.1 Å².